The molecule has 1 heterocycles. The number of primary amides is 1. The molecule has 3 N–H and O–H groups in total. The summed E-state index contributed by atoms with van der Waals surface area (Å²) in [4.78, 5) is 25.3. The van der Waals surface area contributed by atoms with Gasteiger partial charge in [-0.15, -0.1) is 11.3 Å². The van der Waals surface area contributed by atoms with Crippen LogP contribution in [-0.2, 0) is 19.0 Å². The lowest BCUT2D eigenvalue weighted by atomic mass is 9.95. The summed E-state index contributed by atoms with van der Waals surface area (Å²) < 4.78 is 38.1. The van der Waals surface area contributed by atoms with Gasteiger partial charge in [-0.1, -0.05) is 11.6 Å². The predicted molar refractivity (Wildman–Crippen MR) is 93.9 cm³/mol. The van der Waals surface area contributed by atoms with Crippen LogP contribution in [0.2, 0.25) is 5.02 Å². The molecule has 26 heavy (non-hydrogen) atoms. The smallest absolute Gasteiger partial charge is 0.365 e. The van der Waals surface area contributed by atoms with Gasteiger partial charge in [0, 0.05) is 4.88 Å². The normalized spacial score (nSPS) is 14.0. The van der Waals surface area contributed by atoms with Crippen molar-refractivity contribution in [3.05, 3.63) is 50.4 Å². The first-order valence-corrected chi connectivity index (χ1v) is 9.00. The molecule has 3 rings (SSSR count). The van der Waals surface area contributed by atoms with Gasteiger partial charge in [-0.3, -0.25) is 9.59 Å². The van der Waals surface area contributed by atoms with Gasteiger partial charge in [-0.25, -0.2) is 0 Å². The Kier molecular flexibility index (Phi) is 4.98. The van der Waals surface area contributed by atoms with Gasteiger partial charge in [-0.05, 0) is 49.4 Å². The van der Waals surface area contributed by atoms with Crippen LogP contribution < -0.4 is 11.1 Å². The maximum Gasteiger partial charge on any atom is 0.416 e. The van der Waals surface area contributed by atoms with Gasteiger partial charge in [0.15, 0.2) is 0 Å². The fourth-order valence-corrected chi connectivity index (χ4v) is 4.52. The monoisotopic (exact) mass is 402 g/mol. The molecule has 138 valence electrons. The molecule has 0 radical (unpaired) electrons. The van der Waals surface area contributed by atoms with E-state index in [1.807, 2.05) is 0 Å². The highest BCUT2D eigenvalue weighted by Gasteiger charge is 2.31. The highest BCUT2D eigenvalue weighted by Crippen LogP contribution is 2.38. The Labute approximate surface area is 156 Å². The maximum absolute atomic E-state index is 12.7. The molecule has 0 atom stereocenters. The second-order valence-electron chi connectivity index (χ2n) is 5.93. The minimum absolute atomic E-state index is 0.110. The van der Waals surface area contributed by atoms with Gasteiger partial charge in [0.25, 0.3) is 11.8 Å². The van der Waals surface area contributed by atoms with Crippen molar-refractivity contribution in [3.8, 4) is 0 Å². The number of amides is 2. The second-order valence-corrected chi connectivity index (χ2v) is 7.44. The molecule has 0 fully saturated rings. The molecule has 0 aliphatic heterocycles. The molecule has 1 aliphatic rings. The van der Waals surface area contributed by atoms with Crippen molar-refractivity contribution in [2.24, 2.45) is 5.73 Å². The summed E-state index contributed by atoms with van der Waals surface area (Å²) in [5.41, 5.74) is 5.54. The highest BCUT2D eigenvalue weighted by atomic mass is 35.5. The van der Waals surface area contributed by atoms with Gasteiger partial charge < -0.3 is 11.1 Å². The van der Waals surface area contributed by atoms with Crippen molar-refractivity contribution in [1.82, 2.24) is 0 Å². The highest BCUT2D eigenvalue weighted by molar-refractivity contribution is 7.17. The van der Waals surface area contributed by atoms with Crippen LogP contribution in [0.25, 0.3) is 0 Å². The minimum atomic E-state index is -4.55. The third-order valence-corrected chi connectivity index (χ3v) is 5.71. The van der Waals surface area contributed by atoms with Crippen LogP contribution >= 0.6 is 22.9 Å². The van der Waals surface area contributed by atoms with Crippen LogP contribution in [0.4, 0.5) is 18.2 Å². The van der Waals surface area contributed by atoms with Crippen molar-refractivity contribution < 1.29 is 22.8 Å². The summed E-state index contributed by atoms with van der Waals surface area (Å²) in [5, 5.41) is 2.57. The number of nitrogens with one attached hydrogen (secondary N) is 1. The van der Waals surface area contributed by atoms with E-state index >= 15 is 0 Å². The number of aryl methyl sites for hydroxylation is 1. The molecular formula is C17H14ClF3N2O2S. The van der Waals surface area contributed by atoms with Crippen molar-refractivity contribution in [3.63, 3.8) is 0 Å². The number of thiophene rings is 1. The lowest BCUT2D eigenvalue weighted by Gasteiger charge is -2.11. The minimum Gasteiger partial charge on any atom is -0.365 e. The number of fused-ring (bicyclic) bond motifs is 1. The van der Waals surface area contributed by atoms with Gasteiger partial charge in [0.1, 0.15) is 5.00 Å². The molecule has 0 saturated carbocycles. The lowest BCUT2D eigenvalue weighted by molar-refractivity contribution is -0.137. The Morgan fingerprint density at radius 1 is 1.19 bits per heavy atom. The average Bonchev–Trinajstić information content (AvgIpc) is 2.91. The zero-order valence-corrected chi connectivity index (χ0v) is 14.9. The topological polar surface area (TPSA) is 72.2 Å². The standard InChI is InChI=1S/C17H14ClF3N2O2S/c18-11-7-8(17(19,20)21)5-6-9(11)15(25)23-16-13(14(22)24)10-3-1-2-4-12(10)26-16/h5-7H,1-4H2,(H2,22,24)(H,23,25). The molecule has 2 aromatic rings. The Bertz CT molecular complexity index is 893. The van der Waals surface area contributed by atoms with Crippen molar-refractivity contribution in [2.45, 2.75) is 31.9 Å². The maximum atomic E-state index is 12.7. The number of alkyl halides is 3. The number of halogens is 4. The van der Waals surface area contributed by atoms with E-state index < -0.39 is 23.6 Å². The molecule has 9 heteroatoms. The Balaban J connectivity index is 1.91. The molecular weight excluding hydrogens is 389 g/mol. The van der Waals surface area contributed by atoms with Crippen molar-refractivity contribution in [2.75, 3.05) is 5.32 Å². The molecule has 1 aromatic carbocycles. The molecule has 0 unspecified atom stereocenters. The lowest BCUT2D eigenvalue weighted by Crippen LogP contribution is -2.19. The van der Waals surface area contributed by atoms with E-state index in [1.54, 1.807) is 0 Å². The quantitative estimate of drug-likeness (QED) is 0.784. The predicted octanol–water partition coefficient (Wildman–Crippen LogP) is 4.65. The van der Waals surface area contributed by atoms with E-state index in [1.165, 1.54) is 11.3 Å². The van der Waals surface area contributed by atoms with Crippen molar-refractivity contribution in [1.29, 1.82) is 0 Å². The van der Waals surface area contributed by atoms with E-state index in [4.69, 9.17) is 17.3 Å². The molecule has 0 bridgehead atoms. The summed E-state index contributed by atoms with van der Waals surface area (Å²) in [5.74, 6) is -1.33. The molecule has 0 spiro atoms. The molecule has 2 amide bonds. The van der Waals surface area contributed by atoms with Crippen LogP contribution in [0.3, 0.4) is 0 Å². The van der Waals surface area contributed by atoms with Crippen LogP contribution in [0.5, 0.6) is 0 Å². The Morgan fingerprint density at radius 3 is 2.50 bits per heavy atom. The Morgan fingerprint density at radius 2 is 1.88 bits per heavy atom. The third-order valence-electron chi connectivity index (χ3n) is 4.19. The number of carbonyl (C=O) groups excluding carboxylic acids is 2. The fourth-order valence-electron chi connectivity index (χ4n) is 2.96. The van der Waals surface area contributed by atoms with Crippen LogP contribution in [0, 0.1) is 0 Å². The summed E-state index contributed by atoms with van der Waals surface area (Å²) in [7, 11) is 0. The number of nitrogens with two attached hydrogens (primary N) is 1. The van der Waals surface area contributed by atoms with Crippen LogP contribution in [0.1, 0.15) is 49.6 Å². The van der Waals surface area contributed by atoms with E-state index in [-0.39, 0.29) is 16.1 Å². The van der Waals surface area contributed by atoms with Crippen LogP contribution in [0.15, 0.2) is 18.2 Å². The SMILES string of the molecule is NC(=O)c1c(NC(=O)c2ccc(C(F)(F)F)cc2Cl)sc2c1CCCC2. The second kappa shape index (κ2) is 6.92. The zero-order valence-electron chi connectivity index (χ0n) is 13.4. The first-order chi connectivity index (χ1) is 12.2. The number of rotatable bonds is 3. The van der Waals surface area contributed by atoms with E-state index in [2.05, 4.69) is 5.32 Å². The molecule has 1 aromatic heterocycles. The van der Waals surface area contributed by atoms with Gasteiger partial charge in [0.2, 0.25) is 0 Å². The summed E-state index contributed by atoms with van der Waals surface area (Å²) >= 11 is 7.12. The van der Waals surface area contributed by atoms with Gasteiger partial charge >= 0.3 is 6.18 Å². The largest absolute Gasteiger partial charge is 0.416 e. The average molecular weight is 403 g/mol. The first-order valence-electron chi connectivity index (χ1n) is 7.81. The van der Waals surface area contributed by atoms with E-state index in [0.717, 1.165) is 41.8 Å². The van der Waals surface area contributed by atoms with Crippen LogP contribution in [-0.4, -0.2) is 11.8 Å². The number of hydrogen-bond acceptors (Lipinski definition) is 3. The summed E-state index contributed by atoms with van der Waals surface area (Å²) in [6.07, 6.45) is -1.12. The zero-order chi connectivity index (χ0) is 19.1. The molecule has 1 aliphatic carbocycles. The van der Waals surface area contributed by atoms with Gasteiger partial charge in [-0.2, -0.15) is 13.2 Å². The first kappa shape index (κ1) is 18.7. The fraction of sp³-hybridized carbons (Fsp3) is 0.294. The molecule has 4 nitrogen and oxygen atoms in total. The van der Waals surface area contributed by atoms with E-state index in [9.17, 15) is 22.8 Å². The third kappa shape index (κ3) is 3.57. The number of carbonyl (C=O) groups is 2. The summed E-state index contributed by atoms with van der Waals surface area (Å²) in [6.45, 7) is 0. The Hall–Kier alpha value is -2.06. The van der Waals surface area contributed by atoms with Gasteiger partial charge in [0.05, 0.1) is 21.7 Å². The number of anilines is 1. The van der Waals surface area contributed by atoms with Crippen molar-refractivity contribution >= 4 is 39.8 Å². The summed E-state index contributed by atoms with van der Waals surface area (Å²) in [6, 6.07) is 2.50. The molecule has 0 saturated heterocycles. The number of benzene rings is 1. The number of hydrogen-bond donors (Lipinski definition) is 2. The van der Waals surface area contributed by atoms with E-state index in [0.29, 0.717) is 17.5 Å².